The van der Waals surface area contributed by atoms with E-state index in [2.05, 4.69) is 9.97 Å². The highest BCUT2D eigenvalue weighted by Gasteiger charge is 2.15. The summed E-state index contributed by atoms with van der Waals surface area (Å²) < 4.78 is 13.8. The van der Waals surface area contributed by atoms with Crippen LogP contribution in [0.4, 0.5) is 4.39 Å². The van der Waals surface area contributed by atoms with E-state index >= 15 is 0 Å². The van der Waals surface area contributed by atoms with Crippen molar-refractivity contribution < 1.29 is 4.39 Å². The van der Waals surface area contributed by atoms with E-state index in [0.717, 1.165) is 0 Å². The lowest BCUT2D eigenvalue weighted by molar-refractivity contribution is 0.630. The Morgan fingerprint density at radius 3 is 2.61 bits per heavy atom. The summed E-state index contributed by atoms with van der Waals surface area (Å²) in [5, 5.41) is 9.21. The van der Waals surface area contributed by atoms with Crippen molar-refractivity contribution in [2.24, 2.45) is 0 Å². The lowest BCUT2D eigenvalue weighted by atomic mass is 10.1. The Morgan fingerprint density at radius 1 is 1.28 bits per heavy atom. The molecule has 18 heavy (non-hydrogen) atoms. The molecule has 5 heteroatoms. The smallest absolute Gasteiger partial charge is 0.165 e. The van der Waals surface area contributed by atoms with Crippen molar-refractivity contribution in [3.8, 4) is 17.5 Å². The quantitative estimate of drug-likeness (QED) is 0.790. The molecule has 0 spiro atoms. The van der Waals surface area contributed by atoms with Gasteiger partial charge in [0.1, 0.15) is 17.6 Å². The van der Waals surface area contributed by atoms with E-state index in [-0.39, 0.29) is 22.1 Å². The van der Waals surface area contributed by atoms with E-state index in [1.165, 1.54) is 12.1 Å². The van der Waals surface area contributed by atoms with Gasteiger partial charge in [0, 0.05) is 11.3 Å². The third-order valence-corrected chi connectivity index (χ3v) is 3.00. The molecule has 0 N–H and O–H groups in total. The van der Waals surface area contributed by atoms with Crippen molar-refractivity contribution in [1.29, 1.82) is 5.26 Å². The summed E-state index contributed by atoms with van der Waals surface area (Å²) in [6.07, 6.45) is 0. The summed E-state index contributed by atoms with van der Waals surface area (Å²) in [7, 11) is 0. The summed E-state index contributed by atoms with van der Waals surface area (Å²) in [5.74, 6) is -0.368. The molecule has 3 nitrogen and oxygen atoms in total. The Labute approximate surface area is 109 Å². The highest BCUT2D eigenvalue weighted by Crippen LogP contribution is 2.28. The fourth-order valence-electron chi connectivity index (χ4n) is 1.56. The molecule has 0 aliphatic rings. The summed E-state index contributed by atoms with van der Waals surface area (Å²) >= 11 is 5.95. The number of benzene rings is 1. The van der Waals surface area contributed by atoms with Crippen molar-refractivity contribution in [3.05, 3.63) is 46.0 Å². The Morgan fingerprint density at radius 2 is 2.00 bits per heavy atom. The van der Waals surface area contributed by atoms with Gasteiger partial charge in [-0.05, 0) is 26.0 Å². The maximum absolute atomic E-state index is 13.8. The van der Waals surface area contributed by atoms with Crippen LogP contribution in [0, 0.1) is 31.0 Å². The Balaban J connectivity index is 2.73. The SMILES string of the molecule is Cc1nc(-c2c(F)cccc2Cl)nc(C#N)c1C. The third-order valence-electron chi connectivity index (χ3n) is 2.68. The van der Waals surface area contributed by atoms with Crippen LogP contribution in [0.1, 0.15) is 17.0 Å². The average Bonchev–Trinajstić information content (AvgIpc) is 2.33. The molecule has 0 aliphatic carbocycles. The van der Waals surface area contributed by atoms with Crippen molar-refractivity contribution in [2.75, 3.05) is 0 Å². The predicted octanol–water partition coefficient (Wildman–Crippen LogP) is 3.42. The van der Waals surface area contributed by atoms with E-state index in [4.69, 9.17) is 16.9 Å². The van der Waals surface area contributed by atoms with E-state index in [9.17, 15) is 4.39 Å². The summed E-state index contributed by atoms with van der Waals surface area (Å²) in [6.45, 7) is 3.50. The van der Waals surface area contributed by atoms with Crippen molar-refractivity contribution in [2.45, 2.75) is 13.8 Å². The molecular formula is C13H9ClFN3. The molecule has 0 fully saturated rings. The second-order valence-corrected chi connectivity index (χ2v) is 4.22. The summed E-state index contributed by atoms with van der Waals surface area (Å²) in [4.78, 5) is 8.23. The summed E-state index contributed by atoms with van der Waals surface area (Å²) in [6, 6.07) is 6.32. The van der Waals surface area contributed by atoms with E-state index in [1.54, 1.807) is 19.9 Å². The molecule has 2 rings (SSSR count). The Hall–Kier alpha value is -1.99. The zero-order valence-electron chi connectivity index (χ0n) is 9.83. The molecule has 0 bridgehead atoms. The van der Waals surface area contributed by atoms with Crippen LogP contribution in [-0.2, 0) is 0 Å². The van der Waals surface area contributed by atoms with Gasteiger partial charge in [-0.2, -0.15) is 5.26 Å². The zero-order chi connectivity index (χ0) is 13.3. The number of rotatable bonds is 1. The molecule has 0 radical (unpaired) electrons. The normalized spacial score (nSPS) is 10.2. The lowest BCUT2D eigenvalue weighted by Gasteiger charge is -2.08. The topological polar surface area (TPSA) is 49.6 Å². The van der Waals surface area contributed by atoms with Crippen LogP contribution in [0.15, 0.2) is 18.2 Å². The number of hydrogen-bond donors (Lipinski definition) is 0. The van der Waals surface area contributed by atoms with Crippen LogP contribution >= 0.6 is 11.6 Å². The second kappa shape index (κ2) is 4.71. The molecule has 1 aromatic carbocycles. The first-order chi connectivity index (χ1) is 8.54. The number of nitriles is 1. The molecule has 0 unspecified atom stereocenters. The van der Waals surface area contributed by atoms with Gasteiger partial charge < -0.3 is 0 Å². The molecule has 1 heterocycles. The van der Waals surface area contributed by atoms with Gasteiger partial charge in [0.05, 0.1) is 10.6 Å². The largest absolute Gasteiger partial charge is 0.233 e. The van der Waals surface area contributed by atoms with Crippen LogP contribution in [0.5, 0.6) is 0 Å². The number of hydrogen-bond acceptors (Lipinski definition) is 3. The van der Waals surface area contributed by atoms with Gasteiger partial charge in [0.2, 0.25) is 0 Å². The first kappa shape index (κ1) is 12.5. The van der Waals surface area contributed by atoms with Gasteiger partial charge in [0.15, 0.2) is 5.82 Å². The van der Waals surface area contributed by atoms with Crippen molar-refractivity contribution in [1.82, 2.24) is 9.97 Å². The molecule has 0 atom stereocenters. The summed E-state index contributed by atoms with van der Waals surface area (Å²) in [5.41, 5.74) is 1.68. The van der Waals surface area contributed by atoms with Crippen LogP contribution in [0.3, 0.4) is 0 Å². The van der Waals surface area contributed by atoms with Gasteiger partial charge in [-0.15, -0.1) is 0 Å². The highest BCUT2D eigenvalue weighted by atomic mass is 35.5. The number of halogens is 2. The number of aromatic nitrogens is 2. The van der Waals surface area contributed by atoms with Crippen LogP contribution in [0.25, 0.3) is 11.4 Å². The monoisotopic (exact) mass is 261 g/mol. The minimum atomic E-state index is -0.505. The number of nitrogens with zero attached hydrogens (tertiary/aromatic N) is 3. The molecule has 0 saturated carbocycles. The van der Waals surface area contributed by atoms with Gasteiger partial charge in [0.25, 0.3) is 0 Å². The molecule has 2 aromatic rings. The van der Waals surface area contributed by atoms with Gasteiger partial charge in [-0.25, -0.2) is 14.4 Å². The van der Waals surface area contributed by atoms with Gasteiger partial charge in [-0.1, -0.05) is 17.7 Å². The zero-order valence-corrected chi connectivity index (χ0v) is 10.6. The minimum absolute atomic E-state index is 0.124. The van der Waals surface area contributed by atoms with Crippen molar-refractivity contribution >= 4 is 11.6 Å². The fraction of sp³-hybridized carbons (Fsp3) is 0.154. The van der Waals surface area contributed by atoms with Crippen LogP contribution in [-0.4, -0.2) is 9.97 Å². The first-order valence-corrected chi connectivity index (χ1v) is 5.62. The van der Waals surface area contributed by atoms with Crippen LogP contribution < -0.4 is 0 Å². The van der Waals surface area contributed by atoms with Crippen molar-refractivity contribution in [3.63, 3.8) is 0 Å². The van der Waals surface area contributed by atoms with Crippen LogP contribution in [0.2, 0.25) is 5.02 Å². The van der Waals surface area contributed by atoms with E-state index in [1.807, 2.05) is 6.07 Å². The maximum atomic E-state index is 13.8. The standard InChI is InChI=1S/C13H9ClFN3/c1-7-8(2)17-13(18-11(7)6-16)12-9(14)4-3-5-10(12)15/h3-5H,1-2H3. The fourth-order valence-corrected chi connectivity index (χ4v) is 1.81. The molecule has 1 aromatic heterocycles. The second-order valence-electron chi connectivity index (χ2n) is 3.81. The minimum Gasteiger partial charge on any atom is -0.233 e. The lowest BCUT2D eigenvalue weighted by Crippen LogP contribution is -2.01. The first-order valence-electron chi connectivity index (χ1n) is 5.24. The number of aryl methyl sites for hydroxylation is 1. The molecule has 0 aliphatic heterocycles. The molecule has 90 valence electrons. The van der Waals surface area contributed by atoms with Gasteiger partial charge >= 0.3 is 0 Å². The average molecular weight is 262 g/mol. The highest BCUT2D eigenvalue weighted by molar-refractivity contribution is 6.33. The maximum Gasteiger partial charge on any atom is 0.165 e. The van der Waals surface area contributed by atoms with E-state index < -0.39 is 5.82 Å². The molecule has 0 amide bonds. The Bertz CT molecular complexity index is 642. The molecule has 0 saturated heterocycles. The molecular weight excluding hydrogens is 253 g/mol. The third kappa shape index (κ3) is 2.05. The Kier molecular flexibility index (Phi) is 3.26. The van der Waals surface area contributed by atoms with Gasteiger partial charge in [-0.3, -0.25) is 0 Å². The van der Waals surface area contributed by atoms with E-state index in [0.29, 0.717) is 11.3 Å². The predicted molar refractivity (Wildman–Crippen MR) is 66.6 cm³/mol.